The van der Waals surface area contributed by atoms with Crippen LogP contribution in [0, 0.1) is 6.92 Å². The summed E-state index contributed by atoms with van der Waals surface area (Å²) in [5.41, 5.74) is 8.07. The smallest absolute Gasteiger partial charge is 0.200 e. The molecule has 88 valence electrons. The van der Waals surface area contributed by atoms with Gasteiger partial charge in [0.2, 0.25) is 5.95 Å². The molecule has 0 aliphatic carbocycles. The lowest BCUT2D eigenvalue weighted by Gasteiger charge is -2.27. The average Bonchev–Trinajstić information content (AvgIpc) is 2.68. The number of fused-ring (bicyclic) bond motifs is 1. The molecular formula is C13H15N3O. The number of hydrogen-bond acceptors (Lipinski definition) is 3. The molecule has 1 aromatic carbocycles. The molecule has 0 amide bonds. The molecule has 2 aromatic rings. The zero-order valence-corrected chi connectivity index (χ0v) is 9.76. The van der Waals surface area contributed by atoms with Gasteiger partial charge in [-0.15, -0.1) is 0 Å². The Bertz CT molecular complexity index is 547. The van der Waals surface area contributed by atoms with Crippen molar-refractivity contribution in [1.29, 1.82) is 0 Å². The molecule has 4 heteroatoms. The maximum atomic E-state index is 5.94. The van der Waals surface area contributed by atoms with Crippen LogP contribution >= 0.6 is 0 Å². The van der Waals surface area contributed by atoms with Crippen LogP contribution in [0.2, 0.25) is 0 Å². The van der Waals surface area contributed by atoms with Gasteiger partial charge in [0.25, 0.3) is 0 Å². The fraction of sp³-hybridized carbons (Fsp3) is 0.308. The summed E-state index contributed by atoms with van der Waals surface area (Å²) in [4.78, 5) is 4.26. The maximum absolute atomic E-state index is 5.94. The van der Waals surface area contributed by atoms with Crippen molar-refractivity contribution in [2.24, 2.45) is 0 Å². The standard InChI is InChI=1S/C13H15N3O/c1-9-8-16(13(14)15-9)11-6-7-17-12-5-3-2-4-10(11)12/h2-5,8,11H,6-7H2,1H3,(H2,14,15). The van der Waals surface area contributed by atoms with Crippen LogP contribution in [-0.2, 0) is 0 Å². The van der Waals surface area contributed by atoms with Crippen molar-refractivity contribution in [3.05, 3.63) is 41.7 Å². The zero-order chi connectivity index (χ0) is 11.8. The average molecular weight is 229 g/mol. The zero-order valence-electron chi connectivity index (χ0n) is 9.76. The SMILES string of the molecule is Cc1cn(C2CCOc3ccccc32)c(N)n1. The van der Waals surface area contributed by atoms with E-state index in [9.17, 15) is 0 Å². The van der Waals surface area contributed by atoms with Gasteiger partial charge in [0.1, 0.15) is 5.75 Å². The molecule has 0 bridgehead atoms. The Hall–Kier alpha value is -1.97. The van der Waals surface area contributed by atoms with Crippen molar-refractivity contribution in [3.63, 3.8) is 0 Å². The second kappa shape index (κ2) is 3.80. The molecule has 0 saturated carbocycles. The summed E-state index contributed by atoms with van der Waals surface area (Å²) in [6.45, 7) is 2.68. The second-order valence-electron chi connectivity index (χ2n) is 4.34. The van der Waals surface area contributed by atoms with E-state index in [2.05, 4.69) is 11.1 Å². The molecule has 4 nitrogen and oxygen atoms in total. The monoisotopic (exact) mass is 229 g/mol. The van der Waals surface area contributed by atoms with Crippen LogP contribution in [0.1, 0.15) is 23.7 Å². The first-order chi connectivity index (χ1) is 8.25. The van der Waals surface area contributed by atoms with Crippen LogP contribution in [0.3, 0.4) is 0 Å². The van der Waals surface area contributed by atoms with Crippen molar-refractivity contribution in [2.45, 2.75) is 19.4 Å². The summed E-state index contributed by atoms with van der Waals surface area (Å²) in [6.07, 6.45) is 2.93. The van der Waals surface area contributed by atoms with E-state index in [1.54, 1.807) is 0 Å². The number of aryl methyl sites for hydroxylation is 1. The van der Waals surface area contributed by atoms with Crippen LogP contribution in [0.5, 0.6) is 5.75 Å². The highest BCUT2D eigenvalue weighted by Gasteiger charge is 2.23. The van der Waals surface area contributed by atoms with Crippen LogP contribution in [0.25, 0.3) is 0 Å². The third-order valence-corrected chi connectivity index (χ3v) is 3.14. The molecule has 0 radical (unpaired) electrons. The van der Waals surface area contributed by atoms with Gasteiger partial charge in [-0.3, -0.25) is 0 Å². The van der Waals surface area contributed by atoms with Gasteiger partial charge in [-0.05, 0) is 13.0 Å². The van der Waals surface area contributed by atoms with Crippen LogP contribution < -0.4 is 10.5 Å². The highest BCUT2D eigenvalue weighted by Crippen LogP contribution is 2.35. The number of imidazole rings is 1. The van der Waals surface area contributed by atoms with Crippen molar-refractivity contribution in [2.75, 3.05) is 12.3 Å². The normalized spacial score (nSPS) is 18.5. The Morgan fingerprint density at radius 2 is 2.24 bits per heavy atom. The fourth-order valence-corrected chi connectivity index (χ4v) is 2.40. The van der Waals surface area contributed by atoms with Crippen molar-refractivity contribution in [1.82, 2.24) is 9.55 Å². The summed E-state index contributed by atoms with van der Waals surface area (Å²) in [7, 11) is 0. The number of aromatic nitrogens is 2. The highest BCUT2D eigenvalue weighted by atomic mass is 16.5. The van der Waals surface area contributed by atoms with Gasteiger partial charge < -0.3 is 15.0 Å². The van der Waals surface area contributed by atoms with Gasteiger partial charge in [-0.2, -0.15) is 0 Å². The molecule has 1 unspecified atom stereocenters. The number of nitrogens with zero attached hydrogens (tertiary/aromatic N) is 2. The molecule has 1 aromatic heterocycles. The van der Waals surface area contributed by atoms with Gasteiger partial charge in [0.05, 0.1) is 18.3 Å². The highest BCUT2D eigenvalue weighted by molar-refractivity contribution is 5.39. The minimum atomic E-state index is 0.237. The van der Waals surface area contributed by atoms with Gasteiger partial charge in [0, 0.05) is 18.2 Å². The van der Waals surface area contributed by atoms with Gasteiger partial charge in [0.15, 0.2) is 0 Å². The predicted octanol–water partition coefficient (Wildman–Crippen LogP) is 2.15. The predicted molar refractivity (Wildman–Crippen MR) is 66.1 cm³/mol. The summed E-state index contributed by atoms with van der Waals surface area (Å²) in [5, 5.41) is 0. The van der Waals surface area contributed by atoms with Crippen LogP contribution in [0.4, 0.5) is 5.95 Å². The van der Waals surface area contributed by atoms with E-state index >= 15 is 0 Å². The van der Waals surface area contributed by atoms with Crippen molar-refractivity contribution < 1.29 is 4.74 Å². The molecule has 3 rings (SSSR count). The van der Waals surface area contributed by atoms with E-state index in [-0.39, 0.29) is 6.04 Å². The Labute approximate surface area is 100 Å². The third-order valence-electron chi connectivity index (χ3n) is 3.14. The molecule has 2 N–H and O–H groups in total. The summed E-state index contributed by atoms with van der Waals surface area (Å²) in [6, 6.07) is 8.35. The molecule has 0 saturated heterocycles. The Morgan fingerprint density at radius 3 is 3.00 bits per heavy atom. The Balaban J connectivity index is 2.09. The van der Waals surface area contributed by atoms with E-state index in [1.165, 1.54) is 5.56 Å². The van der Waals surface area contributed by atoms with E-state index in [4.69, 9.17) is 10.5 Å². The number of ether oxygens (including phenoxy) is 1. The van der Waals surface area contributed by atoms with E-state index in [1.807, 2.05) is 35.9 Å². The Kier molecular flexibility index (Phi) is 2.28. The first-order valence-electron chi connectivity index (χ1n) is 5.78. The molecule has 1 aliphatic heterocycles. The molecule has 2 heterocycles. The number of para-hydroxylation sites is 1. The number of benzene rings is 1. The van der Waals surface area contributed by atoms with Crippen LogP contribution in [-0.4, -0.2) is 16.2 Å². The largest absolute Gasteiger partial charge is 0.493 e. The van der Waals surface area contributed by atoms with Crippen molar-refractivity contribution in [3.8, 4) is 5.75 Å². The third kappa shape index (κ3) is 1.65. The first-order valence-corrected chi connectivity index (χ1v) is 5.78. The lowest BCUT2D eigenvalue weighted by atomic mass is 10.0. The lowest BCUT2D eigenvalue weighted by molar-refractivity contribution is 0.257. The van der Waals surface area contributed by atoms with Crippen LogP contribution in [0.15, 0.2) is 30.5 Å². The number of nitrogens with two attached hydrogens (primary N) is 1. The maximum Gasteiger partial charge on any atom is 0.200 e. The molecule has 0 fully saturated rings. The van der Waals surface area contributed by atoms with Gasteiger partial charge in [-0.25, -0.2) is 4.98 Å². The van der Waals surface area contributed by atoms with Gasteiger partial charge >= 0.3 is 0 Å². The van der Waals surface area contributed by atoms with Gasteiger partial charge in [-0.1, -0.05) is 18.2 Å². The minimum Gasteiger partial charge on any atom is -0.493 e. The van der Waals surface area contributed by atoms with E-state index in [0.29, 0.717) is 5.95 Å². The summed E-state index contributed by atoms with van der Waals surface area (Å²) < 4.78 is 7.69. The minimum absolute atomic E-state index is 0.237. The summed E-state index contributed by atoms with van der Waals surface area (Å²) >= 11 is 0. The quantitative estimate of drug-likeness (QED) is 0.815. The van der Waals surface area contributed by atoms with Crippen molar-refractivity contribution >= 4 is 5.95 Å². The second-order valence-corrected chi connectivity index (χ2v) is 4.34. The summed E-state index contributed by atoms with van der Waals surface area (Å²) in [5.74, 6) is 1.53. The van der Waals surface area contributed by atoms with E-state index in [0.717, 1.165) is 24.5 Å². The number of rotatable bonds is 1. The lowest BCUT2D eigenvalue weighted by Crippen LogP contribution is -2.20. The topological polar surface area (TPSA) is 53.1 Å². The number of hydrogen-bond donors (Lipinski definition) is 1. The first kappa shape index (κ1) is 10.2. The molecule has 1 aliphatic rings. The molecular weight excluding hydrogens is 214 g/mol. The fourth-order valence-electron chi connectivity index (χ4n) is 2.40. The molecule has 17 heavy (non-hydrogen) atoms. The Morgan fingerprint density at radius 1 is 1.41 bits per heavy atom. The van der Waals surface area contributed by atoms with E-state index < -0.39 is 0 Å². The molecule has 1 atom stereocenters. The molecule has 0 spiro atoms. The number of anilines is 1. The number of nitrogen functional groups attached to an aromatic ring is 1.